The molecule has 1 aliphatic heterocycles. The molecule has 1 rings (SSSR count). The number of hydrogen-bond donors (Lipinski definition) is 1. The van der Waals surface area contributed by atoms with E-state index in [0.717, 1.165) is 26.2 Å². The summed E-state index contributed by atoms with van der Waals surface area (Å²) in [6, 6.07) is 0. The van der Waals surface area contributed by atoms with Crippen molar-refractivity contribution in [3.8, 4) is 0 Å². The van der Waals surface area contributed by atoms with E-state index < -0.39 is 11.5 Å². The van der Waals surface area contributed by atoms with E-state index in [2.05, 4.69) is 30.7 Å². The van der Waals surface area contributed by atoms with E-state index in [-0.39, 0.29) is 0 Å². The molecule has 4 nitrogen and oxygen atoms in total. The van der Waals surface area contributed by atoms with E-state index in [9.17, 15) is 9.90 Å². The third-order valence-corrected chi connectivity index (χ3v) is 3.47. The molecule has 1 aliphatic rings. The van der Waals surface area contributed by atoms with Crippen LogP contribution in [0.2, 0.25) is 0 Å². The van der Waals surface area contributed by atoms with Gasteiger partial charge in [0.25, 0.3) is 0 Å². The fourth-order valence-electron chi connectivity index (χ4n) is 2.45. The minimum absolute atomic E-state index is 0.403. The van der Waals surface area contributed by atoms with E-state index >= 15 is 0 Å². The number of rotatable bonds is 4. The molecular formula is C12H24N2O2. The van der Waals surface area contributed by atoms with E-state index in [1.54, 1.807) is 0 Å². The summed E-state index contributed by atoms with van der Waals surface area (Å²) in [5, 5.41) is 9.44. The largest absolute Gasteiger partial charge is 0.480 e. The highest BCUT2D eigenvalue weighted by Gasteiger charge is 2.40. The zero-order valence-electron chi connectivity index (χ0n) is 10.9. The van der Waals surface area contributed by atoms with Gasteiger partial charge >= 0.3 is 5.97 Å². The van der Waals surface area contributed by atoms with Crippen LogP contribution in [-0.2, 0) is 4.79 Å². The monoisotopic (exact) mass is 228 g/mol. The number of carboxylic acids is 1. The molecule has 1 heterocycles. The van der Waals surface area contributed by atoms with Crippen molar-refractivity contribution in [2.24, 2.45) is 5.92 Å². The van der Waals surface area contributed by atoms with E-state index in [4.69, 9.17) is 0 Å². The first-order chi connectivity index (χ1) is 7.36. The van der Waals surface area contributed by atoms with Crippen LogP contribution in [-0.4, -0.2) is 59.6 Å². The van der Waals surface area contributed by atoms with Crippen molar-refractivity contribution >= 4 is 5.97 Å². The first kappa shape index (κ1) is 13.5. The van der Waals surface area contributed by atoms with Crippen molar-refractivity contribution in [3.63, 3.8) is 0 Å². The zero-order chi connectivity index (χ0) is 12.3. The quantitative estimate of drug-likeness (QED) is 0.783. The number of piperazine rings is 1. The second kappa shape index (κ2) is 5.15. The SMILES string of the molecule is CC(C)CC(C)(C(=O)O)N1CCN(C)CC1. The molecule has 1 fully saturated rings. The Morgan fingerprint density at radius 3 is 2.19 bits per heavy atom. The minimum atomic E-state index is -0.699. The van der Waals surface area contributed by atoms with Gasteiger partial charge < -0.3 is 10.0 Å². The fraction of sp³-hybridized carbons (Fsp3) is 0.917. The van der Waals surface area contributed by atoms with Crippen molar-refractivity contribution in [2.45, 2.75) is 32.7 Å². The Bertz CT molecular complexity index is 247. The van der Waals surface area contributed by atoms with Gasteiger partial charge in [-0.05, 0) is 26.3 Å². The lowest BCUT2D eigenvalue weighted by Gasteiger charge is -2.43. The Morgan fingerprint density at radius 2 is 1.81 bits per heavy atom. The Balaban J connectivity index is 2.73. The van der Waals surface area contributed by atoms with Gasteiger partial charge in [0.1, 0.15) is 5.54 Å². The average molecular weight is 228 g/mol. The van der Waals surface area contributed by atoms with Gasteiger partial charge in [0.15, 0.2) is 0 Å². The molecule has 1 N–H and O–H groups in total. The maximum Gasteiger partial charge on any atom is 0.323 e. The lowest BCUT2D eigenvalue weighted by Crippen LogP contribution is -2.59. The fourth-order valence-corrected chi connectivity index (χ4v) is 2.45. The maximum absolute atomic E-state index is 11.5. The molecule has 0 aromatic rings. The highest BCUT2D eigenvalue weighted by Crippen LogP contribution is 2.25. The normalized spacial score (nSPS) is 23.3. The van der Waals surface area contributed by atoms with Gasteiger partial charge in [0.05, 0.1) is 0 Å². The average Bonchev–Trinajstić information content (AvgIpc) is 2.17. The van der Waals surface area contributed by atoms with Gasteiger partial charge in [0, 0.05) is 26.2 Å². The van der Waals surface area contributed by atoms with Gasteiger partial charge in [-0.15, -0.1) is 0 Å². The summed E-state index contributed by atoms with van der Waals surface area (Å²) in [7, 11) is 2.08. The number of hydrogen-bond acceptors (Lipinski definition) is 3. The summed E-state index contributed by atoms with van der Waals surface area (Å²) in [6.07, 6.45) is 0.714. The first-order valence-electron chi connectivity index (χ1n) is 6.03. The molecule has 16 heavy (non-hydrogen) atoms. The summed E-state index contributed by atoms with van der Waals surface area (Å²) in [4.78, 5) is 15.8. The molecule has 94 valence electrons. The lowest BCUT2D eigenvalue weighted by molar-refractivity contribution is -0.153. The van der Waals surface area contributed by atoms with Gasteiger partial charge in [-0.3, -0.25) is 9.69 Å². The Morgan fingerprint density at radius 1 is 1.31 bits per heavy atom. The highest BCUT2D eigenvalue weighted by atomic mass is 16.4. The molecule has 0 amide bonds. The smallest absolute Gasteiger partial charge is 0.323 e. The molecule has 0 aromatic carbocycles. The summed E-state index contributed by atoms with van der Waals surface area (Å²) in [6.45, 7) is 9.65. The molecular weight excluding hydrogens is 204 g/mol. The van der Waals surface area contributed by atoms with Crippen molar-refractivity contribution in [1.29, 1.82) is 0 Å². The molecule has 0 radical (unpaired) electrons. The summed E-state index contributed by atoms with van der Waals surface area (Å²) in [5.74, 6) is -0.286. The molecule has 0 bridgehead atoms. The van der Waals surface area contributed by atoms with Crippen LogP contribution in [0.15, 0.2) is 0 Å². The van der Waals surface area contributed by atoms with Crippen LogP contribution in [0.5, 0.6) is 0 Å². The zero-order valence-corrected chi connectivity index (χ0v) is 10.9. The molecule has 1 atom stereocenters. The van der Waals surface area contributed by atoms with Crippen LogP contribution < -0.4 is 0 Å². The molecule has 0 spiro atoms. The second-order valence-electron chi connectivity index (χ2n) is 5.47. The van der Waals surface area contributed by atoms with E-state index in [1.165, 1.54) is 0 Å². The van der Waals surface area contributed by atoms with Crippen LogP contribution in [0.1, 0.15) is 27.2 Å². The molecule has 0 saturated carbocycles. The van der Waals surface area contributed by atoms with Crippen molar-refractivity contribution in [1.82, 2.24) is 9.80 Å². The Hall–Kier alpha value is -0.610. The van der Waals surface area contributed by atoms with Gasteiger partial charge in [-0.25, -0.2) is 0 Å². The first-order valence-corrected chi connectivity index (χ1v) is 6.03. The van der Waals surface area contributed by atoms with Crippen LogP contribution in [0.4, 0.5) is 0 Å². The third kappa shape index (κ3) is 2.95. The number of likely N-dealkylation sites (N-methyl/N-ethyl adjacent to an activating group) is 1. The van der Waals surface area contributed by atoms with E-state index in [0.29, 0.717) is 12.3 Å². The highest BCUT2D eigenvalue weighted by molar-refractivity contribution is 5.78. The Labute approximate surface area is 98.2 Å². The predicted molar refractivity (Wildman–Crippen MR) is 64.6 cm³/mol. The summed E-state index contributed by atoms with van der Waals surface area (Å²) < 4.78 is 0. The lowest BCUT2D eigenvalue weighted by atomic mass is 9.88. The Kier molecular flexibility index (Phi) is 4.33. The number of nitrogens with zero attached hydrogens (tertiary/aromatic N) is 2. The van der Waals surface area contributed by atoms with E-state index in [1.807, 2.05) is 6.92 Å². The molecule has 4 heteroatoms. The predicted octanol–water partition coefficient (Wildman–Crippen LogP) is 1.12. The van der Waals surface area contributed by atoms with Gasteiger partial charge in [0.2, 0.25) is 0 Å². The van der Waals surface area contributed by atoms with Crippen LogP contribution in [0.25, 0.3) is 0 Å². The number of carboxylic acid groups (broad SMARTS) is 1. The summed E-state index contributed by atoms with van der Waals surface area (Å²) >= 11 is 0. The minimum Gasteiger partial charge on any atom is -0.480 e. The number of carbonyl (C=O) groups is 1. The second-order valence-corrected chi connectivity index (χ2v) is 5.47. The summed E-state index contributed by atoms with van der Waals surface area (Å²) in [5.41, 5.74) is -0.699. The van der Waals surface area contributed by atoms with Crippen molar-refractivity contribution in [2.75, 3.05) is 33.2 Å². The molecule has 1 saturated heterocycles. The van der Waals surface area contributed by atoms with Crippen LogP contribution >= 0.6 is 0 Å². The third-order valence-electron chi connectivity index (χ3n) is 3.47. The topological polar surface area (TPSA) is 43.8 Å². The van der Waals surface area contributed by atoms with Gasteiger partial charge in [-0.1, -0.05) is 13.8 Å². The van der Waals surface area contributed by atoms with Crippen molar-refractivity contribution in [3.05, 3.63) is 0 Å². The number of aliphatic carboxylic acids is 1. The van der Waals surface area contributed by atoms with Gasteiger partial charge in [-0.2, -0.15) is 0 Å². The molecule has 1 unspecified atom stereocenters. The van der Waals surface area contributed by atoms with Crippen LogP contribution in [0, 0.1) is 5.92 Å². The molecule has 0 aliphatic carbocycles. The standard InChI is InChI=1S/C12H24N2O2/c1-10(2)9-12(3,11(15)16)14-7-5-13(4)6-8-14/h10H,5-9H2,1-4H3,(H,15,16). The maximum atomic E-state index is 11.5. The molecule has 0 aromatic heterocycles. The van der Waals surface area contributed by atoms with Crippen LogP contribution in [0.3, 0.4) is 0 Å². The van der Waals surface area contributed by atoms with Crippen molar-refractivity contribution < 1.29 is 9.90 Å².